The summed E-state index contributed by atoms with van der Waals surface area (Å²) in [5, 5.41) is 12.4. The van der Waals surface area contributed by atoms with E-state index in [2.05, 4.69) is 26.1 Å². The van der Waals surface area contributed by atoms with Gasteiger partial charge in [0.05, 0.1) is 0 Å². The number of hydrogen-bond donors (Lipinski definition) is 2. The fourth-order valence-corrected chi connectivity index (χ4v) is 2.03. The Labute approximate surface area is 75.4 Å². The van der Waals surface area contributed by atoms with Crippen LogP contribution < -0.4 is 5.32 Å². The molecule has 72 valence electrons. The standard InChI is InChI=1S/C10H21NO/c1-10(2,3)4-8-5-11-6-9(8)7-12/h8-9,11-12H,4-7H2,1-3H3. The van der Waals surface area contributed by atoms with Crippen molar-refractivity contribution in [2.24, 2.45) is 17.3 Å². The van der Waals surface area contributed by atoms with Gasteiger partial charge in [-0.05, 0) is 30.2 Å². The highest BCUT2D eigenvalue weighted by atomic mass is 16.3. The van der Waals surface area contributed by atoms with Crippen LogP contribution in [-0.4, -0.2) is 24.8 Å². The van der Waals surface area contributed by atoms with Gasteiger partial charge in [-0.15, -0.1) is 0 Å². The maximum Gasteiger partial charge on any atom is 0.0474 e. The molecule has 0 aliphatic carbocycles. The molecule has 1 saturated heterocycles. The van der Waals surface area contributed by atoms with Crippen LogP contribution in [0.15, 0.2) is 0 Å². The topological polar surface area (TPSA) is 32.3 Å². The van der Waals surface area contributed by atoms with Gasteiger partial charge in [0.1, 0.15) is 0 Å². The molecule has 0 bridgehead atoms. The van der Waals surface area contributed by atoms with Crippen molar-refractivity contribution in [2.75, 3.05) is 19.7 Å². The fourth-order valence-electron chi connectivity index (χ4n) is 2.03. The zero-order valence-corrected chi connectivity index (χ0v) is 8.43. The molecule has 2 heteroatoms. The molecule has 1 aliphatic rings. The van der Waals surface area contributed by atoms with E-state index in [4.69, 9.17) is 5.11 Å². The predicted molar refractivity (Wildman–Crippen MR) is 51.0 cm³/mol. The highest BCUT2D eigenvalue weighted by molar-refractivity contribution is 4.83. The Morgan fingerprint density at radius 2 is 1.83 bits per heavy atom. The molecular weight excluding hydrogens is 150 g/mol. The van der Waals surface area contributed by atoms with Crippen LogP contribution in [0.3, 0.4) is 0 Å². The first kappa shape index (κ1) is 10.0. The van der Waals surface area contributed by atoms with E-state index in [0.29, 0.717) is 23.9 Å². The van der Waals surface area contributed by atoms with E-state index in [1.807, 2.05) is 0 Å². The van der Waals surface area contributed by atoms with Crippen LogP contribution in [0.1, 0.15) is 27.2 Å². The van der Waals surface area contributed by atoms with E-state index >= 15 is 0 Å². The summed E-state index contributed by atoms with van der Waals surface area (Å²) in [5.74, 6) is 1.17. The lowest BCUT2D eigenvalue weighted by Crippen LogP contribution is -2.22. The SMILES string of the molecule is CC(C)(C)CC1CNCC1CO. The van der Waals surface area contributed by atoms with Crippen LogP contribution in [-0.2, 0) is 0 Å². The molecule has 0 amide bonds. The van der Waals surface area contributed by atoms with E-state index in [1.54, 1.807) is 0 Å². The Balaban J connectivity index is 2.41. The molecule has 0 aromatic carbocycles. The number of rotatable bonds is 2. The second kappa shape index (κ2) is 3.75. The lowest BCUT2D eigenvalue weighted by molar-refractivity contribution is 0.175. The highest BCUT2D eigenvalue weighted by Gasteiger charge is 2.29. The zero-order chi connectivity index (χ0) is 9.19. The van der Waals surface area contributed by atoms with Gasteiger partial charge in [0, 0.05) is 13.2 Å². The van der Waals surface area contributed by atoms with Gasteiger partial charge in [-0.25, -0.2) is 0 Å². The summed E-state index contributed by atoms with van der Waals surface area (Å²) in [6.45, 7) is 9.22. The van der Waals surface area contributed by atoms with Crippen molar-refractivity contribution in [2.45, 2.75) is 27.2 Å². The smallest absolute Gasteiger partial charge is 0.0474 e. The summed E-state index contributed by atoms with van der Waals surface area (Å²) in [4.78, 5) is 0. The molecule has 0 aromatic heterocycles. The minimum atomic E-state index is 0.341. The largest absolute Gasteiger partial charge is 0.396 e. The maximum atomic E-state index is 9.09. The van der Waals surface area contributed by atoms with Crippen molar-refractivity contribution < 1.29 is 5.11 Å². The van der Waals surface area contributed by atoms with Crippen LogP contribution >= 0.6 is 0 Å². The normalized spacial score (nSPS) is 31.0. The number of aliphatic hydroxyl groups excluding tert-OH is 1. The van der Waals surface area contributed by atoms with Gasteiger partial charge >= 0.3 is 0 Å². The van der Waals surface area contributed by atoms with Crippen molar-refractivity contribution in [1.82, 2.24) is 5.32 Å². The molecule has 0 radical (unpaired) electrons. The molecule has 2 N–H and O–H groups in total. The van der Waals surface area contributed by atoms with Gasteiger partial charge in [-0.1, -0.05) is 20.8 Å². The third kappa shape index (κ3) is 2.76. The van der Waals surface area contributed by atoms with Crippen LogP contribution in [0.5, 0.6) is 0 Å². The molecule has 0 spiro atoms. The summed E-state index contributed by atoms with van der Waals surface area (Å²) in [5.41, 5.74) is 0.393. The maximum absolute atomic E-state index is 9.09. The van der Waals surface area contributed by atoms with Crippen molar-refractivity contribution in [3.05, 3.63) is 0 Å². The molecule has 2 atom stereocenters. The van der Waals surface area contributed by atoms with Crippen LogP contribution in [0.4, 0.5) is 0 Å². The zero-order valence-electron chi connectivity index (χ0n) is 8.43. The number of aliphatic hydroxyl groups is 1. The van der Waals surface area contributed by atoms with E-state index < -0.39 is 0 Å². The second-order valence-corrected chi connectivity index (χ2v) is 5.13. The molecule has 2 nitrogen and oxygen atoms in total. The van der Waals surface area contributed by atoms with E-state index in [-0.39, 0.29) is 0 Å². The molecule has 1 rings (SSSR count). The van der Waals surface area contributed by atoms with Gasteiger partial charge in [0.2, 0.25) is 0 Å². The highest BCUT2D eigenvalue weighted by Crippen LogP contribution is 2.30. The van der Waals surface area contributed by atoms with Gasteiger partial charge < -0.3 is 10.4 Å². The number of nitrogens with one attached hydrogen (secondary N) is 1. The summed E-state index contributed by atoms with van der Waals surface area (Å²) >= 11 is 0. The summed E-state index contributed by atoms with van der Waals surface area (Å²) in [6.07, 6.45) is 1.21. The van der Waals surface area contributed by atoms with Gasteiger partial charge in [0.25, 0.3) is 0 Å². The fraction of sp³-hybridized carbons (Fsp3) is 1.00. The second-order valence-electron chi connectivity index (χ2n) is 5.13. The lowest BCUT2D eigenvalue weighted by Gasteiger charge is -2.25. The van der Waals surface area contributed by atoms with Gasteiger partial charge in [0.15, 0.2) is 0 Å². The Morgan fingerprint density at radius 3 is 2.33 bits per heavy atom. The van der Waals surface area contributed by atoms with Crippen molar-refractivity contribution >= 4 is 0 Å². The minimum Gasteiger partial charge on any atom is -0.396 e. The van der Waals surface area contributed by atoms with E-state index in [0.717, 1.165) is 13.1 Å². The first-order chi connectivity index (χ1) is 5.53. The predicted octanol–water partition coefficient (Wildman–Crippen LogP) is 1.25. The van der Waals surface area contributed by atoms with Crippen LogP contribution in [0.2, 0.25) is 0 Å². The Bertz CT molecular complexity index is 139. The average molecular weight is 171 g/mol. The third-order valence-corrected chi connectivity index (χ3v) is 2.59. The molecule has 1 fully saturated rings. The van der Waals surface area contributed by atoms with Crippen molar-refractivity contribution in [3.8, 4) is 0 Å². The van der Waals surface area contributed by atoms with Crippen LogP contribution in [0, 0.1) is 17.3 Å². The monoisotopic (exact) mass is 171 g/mol. The third-order valence-electron chi connectivity index (χ3n) is 2.59. The first-order valence-corrected chi connectivity index (χ1v) is 4.84. The Hall–Kier alpha value is -0.0800. The molecule has 0 saturated carbocycles. The van der Waals surface area contributed by atoms with Crippen molar-refractivity contribution in [1.29, 1.82) is 0 Å². The Morgan fingerprint density at radius 1 is 1.25 bits per heavy atom. The first-order valence-electron chi connectivity index (χ1n) is 4.84. The number of hydrogen-bond acceptors (Lipinski definition) is 2. The average Bonchev–Trinajstić information content (AvgIpc) is 2.31. The van der Waals surface area contributed by atoms with Crippen molar-refractivity contribution in [3.63, 3.8) is 0 Å². The van der Waals surface area contributed by atoms with Gasteiger partial charge in [-0.2, -0.15) is 0 Å². The summed E-state index contributed by atoms with van der Waals surface area (Å²) in [7, 11) is 0. The molecule has 0 aromatic rings. The van der Waals surface area contributed by atoms with Crippen LogP contribution in [0.25, 0.3) is 0 Å². The molecule has 1 heterocycles. The summed E-state index contributed by atoms with van der Waals surface area (Å²) < 4.78 is 0. The van der Waals surface area contributed by atoms with E-state index in [9.17, 15) is 0 Å². The quantitative estimate of drug-likeness (QED) is 0.655. The minimum absolute atomic E-state index is 0.341. The molecule has 2 unspecified atom stereocenters. The van der Waals surface area contributed by atoms with E-state index in [1.165, 1.54) is 6.42 Å². The van der Waals surface area contributed by atoms with Gasteiger partial charge in [-0.3, -0.25) is 0 Å². The Kier molecular flexibility index (Phi) is 3.13. The lowest BCUT2D eigenvalue weighted by atomic mass is 9.80. The molecular formula is C10H21NO. The summed E-state index contributed by atoms with van der Waals surface area (Å²) in [6, 6.07) is 0. The molecule has 12 heavy (non-hydrogen) atoms. The molecule has 1 aliphatic heterocycles.